The lowest BCUT2D eigenvalue weighted by molar-refractivity contribution is 0.0994. The monoisotopic (exact) mass is 452 g/mol. The van der Waals surface area contributed by atoms with E-state index in [9.17, 15) is 9.59 Å². The van der Waals surface area contributed by atoms with Crippen LogP contribution in [0.5, 0.6) is 0 Å². The van der Waals surface area contributed by atoms with E-state index in [1.54, 1.807) is 22.0 Å². The number of ketones is 1. The zero-order valence-electron chi connectivity index (χ0n) is 16.6. The van der Waals surface area contributed by atoms with Crippen LogP contribution >= 0.6 is 34.4 Å². The molecule has 0 spiro atoms. The van der Waals surface area contributed by atoms with Gasteiger partial charge in [0.1, 0.15) is 4.83 Å². The van der Waals surface area contributed by atoms with Crippen molar-refractivity contribution >= 4 is 50.4 Å². The molecule has 0 amide bonds. The summed E-state index contributed by atoms with van der Waals surface area (Å²) in [6, 6.07) is 11.5. The third-order valence-corrected chi connectivity index (χ3v) is 7.61. The van der Waals surface area contributed by atoms with Crippen LogP contribution in [0.25, 0.3) is 20.7 Å². The van der Waals surface area contributed by atoms with Crippen molar-refractivity contribution in [3.8, 4) is 10.4 Å². The number of hydrogen-bond donors (Lipinski definition) is 0. The van der Waals surface area contributed by atoms with Crippen molar-refractivity contribution in [1.82, 2.24) is 9.55 Å². The fourth-order valence-corrected chi connectivity index (χ4v) is 5.96. The minimum atomic E-state index is -0.371. The Morgan fingerprint density at radius 2 is 2.03 bits per heavy atom. The third kappa shape index (κ3) is 3.93. The first kappa shape index (κ1) is 20.8. The lowest BCUT2D eigenvalue weighted by Gasteiger charge is -2.14. The second-order valence-electron chi connectivity index (χ2n) is 6.90. The molecule has 0 radical (unpaired) electrons. The Morgan fingerprint density at radius 1 is 1.27 bits per heavy atom. The fourth-order valence-electron chi connectivity index (χ4n) is 3.16. The number of aryl methyl sites for hydroxylation is 1. The molecule has 3 aromatic heterocycles. The van der Waals surface area contributed by atoms with E-state index in [2.05, 4.69) is 6.58 Å². The molecule has 0 saturated carbocycles. The van der Waals surface area contributed by atoms with Crippen LogP contribution in [0.4, 0.5) is 0 Å². The molecule has 0 bridgehead atoms. The van der Waals surface area contributed by atoms with Crippen molar-refractivity contribution in [2.75, 3.05) is 0 Å². The van der Waals surface area contributed by atoms with E-state index in [0.717, 1.165) is 16.0 Å². The van der Waals surface area contributed by atoms with Gasteiger partial charge < -0.3 is 0 Å². The number of Topliss-reactive ketones (excluding diaryl/α,β-unsaturated/α-hetero) is 1. The van der Waals surface area contributed by atoms with Gasteiger partial charge in [-0.1, -0.05) is 53.7 Å². The number of thioether (sulfide) groups is 1. The van der Waals surface area contributed by atoms with E-state index >= 15 is 0 Å². The molecule has 0 aliphatic carbocycles. The van der Waals surface area contributed by atoms with Gasteiger partial charge in [0.25, 0.3) is 5.56 Å². The Balaban J connectivity index is 1.74. The molecular weight excluding hydrogens is 432 g/mol. The Bertz CT molecular complexity index is 1270. The van der Waals surface area contributed by atoms with Crippen LogP contribution in [0.2, 0.25) is 0 Å². The molecule has 4 aromatic rings. The summed E-state index contributed by atoms with van der Waals surface area (Å²) < 4.78 is 1.61. The largest absolute Gasteiger partial charge is 0.293 e. The predicted molar refractivity (Wildman–Crippen MR) is 128 cm³/mol. The second kappa shape index (κ2) is 8.71. The van der Waals surface area contributed by atoms with Gasteiger partial charge in [0, 0.05) is 27.9 Å². The smallest absolute Gasteiger partial charge is 0.263 e. The second-order valence-corrected chi connectivity index (χ2v) is 10.0. The molecule has 1 atom stereocenters. The topological polar surface area (TPSA) is 52.0 Å². The van der Waals surface area contributed by atoms with Gasteiger partial charge in [0.2, 0.25) is 0 Å². The SMILES string of the molecule is C=CCn1c(SC(C)C(=O)c2ccc(C)cc2)nc2scc(-c3cccs3)c2c1=O. The Labute approximate surface area is 186 Å². The number of carbonyl (C=O) groups is 1. The van der Waals surface area contributed by atoms with E-state index in [4.69, 9.17) is 4.98 Å². The Morgan fingerprint density at radius 3 is 2.70 bits per heavy atom. The van der Waals surface area contributed by atoms with Gasteiger partial charge in [-0.3, -0.25) is 14.2 Å². The molecule has 30 heavy (non-hydrogen) atoms. The van der Waals surface area contributed by atoms with Crippen molar-refractivity contribution in [3.05, 3.63) is 81.3 Å². The molecule has 0 aliphatic rings. The maximum absolute atomic E-state index is 13.4. The van der Waals surface area contributed by atoms with Gasteiger partial charge in [-0.2, -0.15) is 0 Å². The van der Waals surface area contributed by atoms with Crippen LogP contribution < -0.4 is 5.56 Å². The molecule has 0 aliphatic heterocycles. The summed E-state index contributed by atoms with van der Waals surface area (Å²) in [7, 11) is 0. The molecular formula is C23H20N2O2S3. The predicted octanol–water partition coefficient (Wildman–Crippen LogP) is 6.04. The van der Waals surface area contributed by atoms with Crippen LogP contribution in [0.1, 0.15) is 22.8 Å². The van der Waals surface area contributed by atoms with Gasteiger partial charge in [-0.25, -0.2) is 4.98 Å². The third-order valence-electron chi connectivity index (χ3n) is 4.74. The summed E-state index contributed by atoms with van der Waals surface area (Å²) in [5, 5.41) is 4.78. The lowest BCUT2D eigenvalue weighted by Crippen LogP contribution is -2.24. The van der Waals surface area contributed by atoms with Crippen molar-refractivity contribution < 1.29 is 4.79 Å². The number of hydrogen-bond acceptors (Lipinski definition) is 6. The van der Waals surface area contributed by atoms with Gasteiger partial charge >= 0.3 is 0 Å². The summed E-state index contributed by atoms with van der Waals surface area (Å²) in [5.41, 5.74) is 2.59. The molecule has 1 aromatic carbocycles. The van der Waals surface area contributed by atoms with E-state index < -0.39 is 0 Å². The Kier molecular flexibility index (Phi) is 6.04. The van der Waals surface area contributed by atoms with Crippen LogP contribution in [0.3, 0.4) is 0 Å². The molecule has 4 nitrogen and oxygen atoms in total. The van der Waals surface area contributed by atoms with Gasteiger partial charge in [0.05, 0.1) is 10.6 Å². The summed E-state index contributed by atoms with van der Waals surface area (Å²) in [6.45, 7) is 7.98. The molecule has 4 rings (SSSR count). The highest BCUT2D eigenvalue weighted by Crippen LogP contribution is 2.35. The standard InChI is InChI=1S/C23H20N2O2S3/c1-4-11-25-22(27)19-17(18-6-5-12-28-18)13-29-21(19)24-23(25)30-15(3)20(26)16-9-7-14(2)8-10-16/h4-10,12-13,15H,1,11H2,2-3H3. The van der Waals surface area contributed by atoms with E-state index in [0.29, 0.717) is 27.5 Å². The van der Waals surface area contributed by atoms with Gasteiger partial charge in [-0.05, 0) is 25.3 Å². The highest BCUT2D eigenvalue weighted by Gasteiger charge is 2.22. The molecule has 0 fully saturated rings. The van der Waals surface area contributed by atoms with Crippen LogP contribution in [-0.4, -0.2) is 20.6 Å². The summed E-state index contributed by atoms with van der Waals surface area (Å²) >= 11 is 4.38. The van der Waals surface area contributed by atoms with Crippen LogP contribution in [-0.2, 0) is 6.54 Å². The molecule has 0 N–H and O–H groups in total. The first-order valence-corrected chi connectivity index (χ1v) is 12.1. The quantitative estimate of drug-likeness (QED) is 0.148. The minimum Gasteiger partial charge on any atom is -0.293 e. The maximum atomic E-state index is 13.4. The van der Waals surface area contributed by atoms with Crippen LogP contribution in [0, 0.1) is 6.92 Å². The summed E-state index contributed by atoms with van der Waals surface area (Å²) in [4.78, 5) is 32.8. The minimum absolute atomic E-state index is 0.0185. The number of rotatable bonds is 7. The number of carbonyl (C=O) groups excluding carboxylic acids is 1. The number of nitrogens with zero attached hydrogens (tertiary/aromatic N) is 2. The number of allylic oxidation sites excluding steroid dienone is 1. The molecule has 1 unspecified atom stereocenters. The van der Waals surface area contributed by atoms with Gasteiger partial charge in [0.15, 0.2) is 10.9 Å². The zero-order valence-corrected chi connectivity index (χ0v) is 19.1. The van der Waals surface area contributed by atoms with E-state index in [-0.39, 0.29) is 16.6 Å². The number of fused-ring (bicyclic) bond motifs is 1. The normalized spacial score (nSPS) is 12.2. The first-order chi connectivity index (χ1) is 14.5. The van der Waals surface area contributed by atoms with Crippen LogP contribution in [0.15, 0.2) is 69.8 Å². The van der Waals surface area contributed by atoms with Crippen molar-refractivity contribution in [3.63, 3.8) is 0 Å². The molecule has 3 heterocycles. The fraction of sp³-hybridized carbons (Fsp3) is 0.174. The highest BCUT2D eigenvalue weighted by molar-refractivity contribution is 8.00. The van der Waals surface area contributed by atoms with Crippen molar-refractivity contribution in [2.24, 2.45) is 0 Å². The lowest BCUT2D eigenvalue weighted by atomic mass is 10.1. The zero-order chi connectivity index (χ0) is 21.3. The number of aromatic nitrogens is 2. The maximum Gasteiger partial charge on any atom is 0.263 e. The number of benzene rings is 1. The van der Waals surface area contributed by atoms with Crippen molar-refractivity contribution in [2.45, 2.75) is 30.8 Å². The van der Waals surface area contributed by atoms with E-state index in [1.807, 2.05) is 61.0 Å². The van der Waals surface area contributed by atoms with Gasteiger partial charge in [-0.15, -0.1) is 29.3 Å². The molecule has 152 valence electrons. The number of thiophene rings is 2. The molecule has 0 saturated heterocycles. The average Bonchev–Trinajstić information content (AvgIpc) is 3.40. The van der Waals surface area contributed by atoms with E-state index in [1.165, 1.54) is 23.1 Å². The first-order valence-electron chi connectivity index (χ1n) is 9.44. The molecule has 7 heteroatoms. The van der Waals surface area contributed by atoms with Crippen molar-refractivity contribution in [1.29, 1.82) is 0 Å². The Hall–Kier alpha value is -2.48. The average molecular weight is 453 g/mol. The summed E-state index contributed by atoms with van der Waals surface area (Å²) in [6.07, 6.45) is 1.68. The highest BCUT2D eigenvalue weighted by atomic mass is 32.2. The summed E-state index contributed by atoms with van der Waals surface area (Å²) in [5.74, 6) is 0.0185.